The first-order chi connectivity index (χ1) is 16.7. The van der Waals surface area contributed by atoms with Crippen LogP contribution >= 0.6 is 0 Å². The van der Waals surface area contributed by atoms with Crippen LogP contribution in [0.4, 0.5) is 10.5 Å². The number of hydrogen-bond donors (Lipinski definition) is 3. The molecule has 3 rings (SSSR count). The number of sulfonamides is 1. The zero-order valence-corrected chi connectivity index (χ0v) is 20.0. The maximum Gasteiger partial charge on any atom is 0.340 e. The summed E-state index contributed by atoms with van der Waals surface area (Å²) in [7, 11) is -3.99. The van der Waals surface area contributed by atoms with Crippen LogP contribution in [0.3, 0.4) is 0 Å². The number of amides is 3. The SMILES string of the molecule is Cc1ccc(C)c(S(=O)(=O)Nc2ccccc2C(=O)OCC(=O)NC(=O)NCc2ccccc2)c1. The van der Waals surface area contributed by atoms with Crippen molar-refractivity contribution in [2.24, 2.45) is 0 Å². The van der Waals surface area contributed by atoms with Crippen LogP contribution in [-0.4, -0.2) is 32.9 Å². The average molecular weight is 496 g/mol. The van der Waals surface area contributed by atoms with Crippen molar-refractivity contribution in [2.45, 2.75) is 25.3 Å². The van der Waals surface area contributed by atoms with Crippen LogP contribution in [0.1, 0.15) is 27.0 Å². The lowest BCUT2D eigenvalue weighted by molar-refractivity contribution is -0.123. The standard InChI is InChI=1S/C25H25N3O6S/c1-17-12-13-18(2)22(14-17)35(32,33)28-21-11-7-6-10-20(21)24(30)34-16-23(29)27-25(31)26-15-19-8-4-3-5-9-19/h3-14,28H,15-16H2,1-2H3,(H2,26,27,29,31). The minimum absolute atomic E-state index is 0.000538. The van der Waals surface area contributed by atoms with Gasteiger partial charge in [0.25, 0.3) is 15.9 Å². The highest BCUT2D eigenvalue weighted by Gasteiger charge is 2.22. The second-order valence-electron chi connectivity index (χ2n) is 7.71. The number of hydrogen-bond acceptors (Lipinski definition) is 6. The zero-order valence-electron chi connectivity index (χ0n) is 19.2. The molecule has 0 bridgehead atoms. The lowest BCUT2D eigenvalue weighted by atomic mass is 10.2. The van der Waals surface area contributed by atoms with E-state index in [0.29, 0.717) is 5.56 Å². The van der Waals surface area contributed by atoms with Crippen molar-refractivity contribution in [2.75, 3.05) is 11.3 Å². The molecule has 0 aliphatic rings. The topological polar surface area (TPSA) is 131 Å². The van der Waals surface area contributed by atoms with Gasteiger partial charge in [0, 0.05) is 6.54 Å². The zero-order chi connectivity index (χ0) is 25.4. The lowest BCUT2D eigenvalue weighted by Gasteiger charge is -2.14. The third kappa shape index (κ3) is 7.15. The molecule has 0 aliphatic carbocycles. The van der Waals surface area contributed by atoms with E-state index in [0.717, 1.165) is 11.1 Å². The van der Waals surface area contributed by atoms with Crippen LogP contribution < -0.4 is 15.4 Å². The van der Waals surface area contributed by atoms with E-state index in [4.69, 9.17) is 4.74 Å². The molecule has 3 aromatic rings. The molecule has 0 heterocycles. The van der Waals surface area contributed by atoms with E-state index in [1.807, 2.05) is 30.3 Å². The molecule has 0 radical (unpaired) electrons. The average Bonchev–Trinajstić information content (AvgIpc) is 2.83. The first kappa shape index (κ1) is 25.4. The normalized spacial score (nSPS) is 10.8. The fourth-order valence-corrected chi connectivity index (χ4v) is 4.55. The number of benzene rings is 3. The summed E-state index contributed by atoms with van der Waals surface area (Å²) in [5.74, 6) is -1.76. The third-order valence-electron chi connectivity index (χ3n) is 4.91. The van der Waals surface area contributed by atoms with Gasteiger partial charge in [-0.1, -0.05) is 54.6 Å². The Bertz CT molecular complexity index is 1340. The van der Waals surface area contributed by atoms with Gasteiger partial charge in [0.15, 0.2) is 6.61 Å². The lowest BCUT2D eigenvalue weighted by Crippen LogP contribution is -2.41. The van der Waals surface area contributed by atoms with E-state index in [2.05, 4.69) is 15.4 Å². The molecule has 9 nitrogen and oxygen atoms in total. The van der Waals surface area contributed by atoms with Gasteiger partial charge >= 0.3 is 12.0 Å². The van der Waals surface area contributed by atoms with Crippen LogP contribution in [0.5, 0.6) is 0 Å². The summed E-state index contributed by atoms with van der Waals surface area (Å²) in [5.41, 5.74) is 2.08. The summed E-state index contributed by atoms with van der Waals surface area (Å²) < 4.78 is 33.3. The highest BCUT2D eigenvalue weighted by atomic mass is 32.2. The minimum Gasteiger partial charge on any atom is -0.452 e. The molecule has 10 heteroatoms. The van der Waals surface area contributed by atoms with Crippen molar-refractivity contribution >= 4 is 33.6 Å². The molecule has 3 N–H and O–H groups in total. The molecule has 3 amide bonds. The number of para-hydroxylation sites is 1. The van der Waals surface area contributed by atoms with E-state index in [-0.39, 0.29) is 22.7 Å². The van der Waals surface area contributed by atoms with Gasteiger partial charge in [-0.2, -0.15) is 0 Å². The summed E-state index contributed by atoms with van der Waals surface area (Å²) in [4.78, 5) is 36.5. The first-order valence-corrected chi connectivity index (χ1v) is 12.1. The van der Waals surface area contributed by atoms with E-state index in [1.165, 1.54) is 24.3 Å². The summed E-state index contributed by atoms with van der Waals surface area (Å²) in [6.07, 6.45) is 0. The van der Waals surface area contributed by atoms with Gasteiger partial charge in [-0.3, -0.25) is 14.8 Å². The largest absolute Gasteiger partial charge is 0.452 e. The fraction of sp³-hybridized carbons (Fsp3) is 0.160. The summed E-state index contributed by atoms with van der Waals surface area (Å²) >= 11 is 0. The molecule has 0 saturated heterocycles. The Morgan fingerprint density at radius 1 is 0.886 bits per heavy atom. The Labute approximate surface area is 203 Å². The number of carbonyl (C=O) groups is 3. The Morgan fingerprint density at radius 3 is 2.31 bits per heavy atom. The molecule has 0 atom stereocenters. The maximum absolute atomic E-state index is 12.9. The predicted octanol–water partition coefficient (Wildman–Crippen LogP) is 3.29. The second kappa shape index (κ2) is 11.3. The third-order valence-corrected chi connectivity index (χ3v) is 6.42. The molecular formula is C25H25N3O6S. The smallest absolute Gasteiger partial charge is 0.340 e. The van der Waals surface area contributed by atoms with Crippen LogP contribution in [0.15, 0.2) is 77.7 Å². The number of rotatable bonds is 8. The van der Waals surface area contributed by atoms with Crippen molar-refractivity contribution in [3.63, 3.8) is 0 Å². The van der Waals surface area contributed by atoms with Gasteiger partial charge in [0.1, 0.15) is 0 Å². The molecule has 0 fully saturated rings. The Kier molecular flexibility index (Phi) is 8.21. The fourth-order valence-electron chi connectivity index (χ4n) is 3.14. The number of urea groups is 1. The van der Waals surface area contributed by atoms with Crippen molar-refractivity contribution in [3.8, 4) is 0 Å². The van der Waals surface area contributed by atoms with Crippen LogP contribution in [-0.2, 0) is 26.1 Å². The molecule has 35 heavy (non-hydrogen) atoms. The van der Waals surface area contributed by atoms with E-state index in [9.17, 15) is 22.8 Å². The van der Waals surface area contributed by atoms with Crippen molar-refractivity contribution in [1.82, 2.24) is 10.6 Å². The molecular weight excluding hydrogens is 470 g/mol. The molecule has 0 aromatic heterocycles. The number of anilines is 1. The maximum atomic E-state index is 12.9. The monoisotopic (exact) mass is 495 g/mol. The van der Waals surface area contributed by atoms with Gasteiger partial charge in [-0.25, -0.2) is 18.0 Å². The Morgan fingerprint density at radius 2 is 1.57 bits per heavy atom. The van der Waals surface area contributed by atoms with Crippen molar-refractivity contribution in [1.29, 1.82) is 0 Å². The summed E-state index contributed by atoms with van der Waals surface area (Å²) in [6.45, 7) is 2.93. The quantitative estimate of drug-likeness (QED) is 0.411. The molecule has 182 valence electrons. The van der Waals surface area contributed by atoms with E-state index >= 15 is 0 Å². The van der Waals surface area contributed by atoms with E-state index < -0.39 is 34.5 Å². The highest BCUT2D eigenvalue weighted by Crippen LogP contribution is 2.23. The van der Waals surface area contributed by atoms with Gasteiger partial charge in [-0.15, -0.1) is 0 Å². The van der Waals surface area contributed by atoms with E-state index in [1.54, 1.807) is 32.0 Å². The number of esters is 1. The van der Waals surface area contributed by atoms with Crippen LogP contribution in [0.25, 0.3) is 0 Å². The van der Waals surface area contributed by atoms with Crippen LogP contribution in [0.2, 0.25) is 0 Å². The first-order valence-electron chi connectivity index (χ1n) is 10.6. The second-order valence-corrected chi connectivity index (χ2v) is 9.36. The molecule has 3 aromatic carbocycles. The van der Waals surface area contributed by atoms with Gasteiger partial charge in [-0.05, 0) is 48.7 Å². The number of aryl methyl sites for hydroxylation is 2. The van der Waals surface area contributed by atoms with Crippen LogP contribution in [0, 0.1) is 13.8 Å². The predicted molar refractivity (Wildman–Crippen MR) is 130 cm³/mol. The van der Waals surface area contributed by atoms with Crippen molar-refractivity contribution in [3.05, 3.63) is 95.1 Å². The number of nitrogens with one attached hydrogen (secondary N) is 3. The summed E-state index contributed by atoms with van der Waals surface area (Å²) in [6, 6.07) is 19.3. The number of carbonyl (C=O) groups excluding carboxylic acids is 3. The molecule has 0 aliphatic heterocycles. The van der Waals surface area contributed by atoms with Gasteiger partial charge in [0.2, 0.25) is 0 Å². The number of ether oxygens (including phenoxy) is 1. The van der Waals surface area contributed by atoms with Crippen molar-refractivity contribution < 1.29 is 27.5 Å². The van der Waals surface area contributed by atoms with Gasteiger partial charge in [0.05, 0.1) is 16.1 Å². The van der Waals surface area contributed by atoms with Gasteiger partial charge < -0.3 is 10.1 Å². The Hall–Kier alpha value is -4.18. The highest BCUT2D eigenvalue weighted by molar-refractivity contribution is 7.92. The Balaban J connectivity index is 1.60. The molecule has 0 saturated carbocycles. The minimum atomic E-state index is -3.99. The molecule has 0 unspecified atom stereocenters. The summed E-state index contributed by atoms with van der Waals surface area (Å²) in [5, 5.41) is 4.59. The number of imide groups is 1. The molecule has 0 spiro atoms.